The summed E-state index contributed by atoms with van der Waals surface area (Å²) in [6.07, 6.45) is -13.5. The molecule has 1 rings (SSSR count). The molecule has 1 saturated heterocycles. The fraction of sp³-hybridized carbons (Fsp3) is 1.00. The maximum absolute atomic E-state index is 13.7. The lowest BCUT2D eigenvalue weighted by Gasteiger charge is -2.58. The first kappa shape index (κ1) is 20.1. The topological polar surface area (TPSA) is 3.24 Å². The summed E-state index contributed by atoms with van der Waals surface area (Å²) in [6, 6.07) is 0. The minimum atomic E-state index is -7.16. The summed E-state index contributed by atoms with van der Waals surface area (Å²) >= 11 is 0. The minimum Gasteiger partial charge on any atom is -0.197 e. The van der Waals surface area contributed by atoms with Crippen molar-refractivity contribution in [3.05, 3.63) is 0 Å². The van der Waals surface area contributed by atoms with Gasteiger partial charge in [0.15, 0.2) is 0 Å². The van der Waals surface area contributed by atoms with Crippen LogP contribution in [-0.2, 0) is 0 Å². The van der Waals surface area contributed by atoms with Gasteiger partial charge in [-0.2, -0.15) is 52.7 Å². The smallest absolute Gasteiger partial charge is 0.197 e. The zero-order valence-corrected chi connectivity index (χ0v) is 10.9. The van der Waals surface area contributed by atoms with Gasteiger partial charge in [0, 0.05) is 0 Å². The van der Waals surface area contributed by atoms with Crippen molar-refractivity contribution in [1.82, 2.24) is 5.12 Å². The van der Waals surface area contributed by atoms with Crippen molar-refractivity contribution in [1.29, 1.82) is 0 Å². The van der Waals surface area contributed by atoms with E-state index < -0.39 is 60.2 Å². The van der Waals surface area contributed by atoms with E-state index in [1.807, 2.05) is 0 Å². The zero-order chi connectivity index (χ0) is 19.1. The molecule has 1 fully saturated rings. The average molecular weight is 375 g/mol. The van der Waals surface area contributed by atoms with Crippen molar-refractivity contribution >= 4 is 0 Å². The van der Waals surface area contributed by atoms with Crippen LogP contribution in [0.1, 0.15) is 13.8 Å². The third-order valence-corrected chi connectivity index (χ3v) is 3.90. The molecule has 14 heteroatoms. The molecule has 0 radical (unpaired) electrons. The normalized spacial score (nSPS) is 37.7. The van der Waals surface area contributed by atoms with Crippen molar-refractivity contribution in [2.24, 2.45) is 0 Å². The predicted molar refractivity (Wildman–Crippen MR) is 46.7 cm³/mol. The van der Waals surface area contributed by atoms with Crippen LogP contribution in [0.5, 0.6) is 0 Å². The molecule has 0 bridgehead atoms. The fourth-order valence-electron chi connectivity index (χ4n) is 2.08. The number of hydrogen-bond donors (Lipinski definition) is 0. The molecule has 1 aliphatic rings. The Morgan fingerprint density at radius 2 is 0.783 bits per heavy atom. The molecule has 1 nitrogen and oxygen atoms in total. The van der Waals surface area contributed by atoms with Crippen LogP contribution in [0.25, 0.3) is 0 Å². The Balaban J connectivity index is 3.96. The third kappa shape index (κ3) is 1.81. The summed E-state index contributed by atoms with van der Waals surface area (Å²) < 4.78 is 170. The summed E-state index contributed by atoms with van der Waals surface area (Å²) in [4.78, 5) is 0. The largest absolute Gasteiger partial charge is 0.415 e. The molecule has 23 heavy (non-hydrogen) atoms. The molecule has 0 aromatic carbocycles. The van der Waals surface area contributed by atoms with Crippen LogP contribution in [0.2, 0.25) is 0 Å². The molecule has 0 unspecified atom stereocenters. The quantitative estimate of drug-likeness (QED) is 0.437. The van der Waals surface area contributed by atoms with Crippen LogP contribution in [0.4, 0.5) is 57.2 Å². The SMILES string of the molecule is C[C@@]1(C(F)(F)F)N(F)[C@](C)(C(F)(F)F)C(F)(F)C(F)(F)C1(F)F. The molecule has 0 aromatic rings. The number of nitrogens with zero attached hydrogens (tertiary/aromatic N) is 1. The van der Waals surface area contributed by atoms with Crippen molar-refractivity contribution in [2.75, 3.05) is 0 Å². The van der Waals surface area contributed by atoms with Gasteiger partial charge >= 0.3 is 30.1 Å². The van der Waals surface area contributed by atoms with Gasteiger partial charge in [-0.15, -0.1) is 9.60 Å². The molecule has 2 atom stereocenters. The van der Waals surface area contributed by atoms with Gasteiger partial charge in [-0.05, 0) is 13.8 Å². The standard InChI is InChI=1S/C9H6F13N/c1-3(8(16,17)18)5(10,11)7(14,15)6(12,13)4(2,23(3)22)9(19,20)21/h1-2H3/t3-,4+. The summed E-state index contributed by atoms with van der Waals surface area (Å²) in [5, 5.41) is -2.97. The Labute approximate surface area is 119 Å². The molecule has 0 spiro atoms. The summed E-state index contributed by atoms with van der Waals surface area (Å²) in [7, 11) is 0. The van der Waals surface area contributed by atoms with Crippen molar-refractivity contribution in [2.45, 2.75) is 55.0 Å². The van der Waals surface area contributed by atoms with Crippen LogP contribution in [-0.4, -0.2) is 46.3 Å². The predicted octanol–water partition coefficient (Wildman–Crippen LogP) is 4.73. The number of hydrogen-bond acceptors (Lipinski definition) is 1. The Hall–Kier alpha value is -0.950. The minimum absolute atomic E-state index is 1.06. The summed E-state index contributed by atoms with van der Waals surface area (Å²) in [5.74, 6) is -21.0. The van der Waals surface area contributed by atoms with E-state index in [0.29, 0.717) is 0 Å². The lowest BCUT2D eigenvalue weighted by molar-refractivity contribution is -0.501. The fourth-order valence-corrected chi connectivity index (χ4v) is 2.08. The van der Waals surface area contributed by atoms with E-state index in [1.165, 1.54) is 0 Å². The van der Waals surface area contributed by atoms with Gasteiger partial charge in [0.25, 0.3) is 0 Å². The van der Waals surface area contributed by atoms with E-state index in [4.69, 9.17) is 0 Å². The van der Waals surface area contributed by atoms with E-state index in [0.717, 1.165) is 0 Å². The van der Waals surface area contributed by atoms with E-state index >= 15 is 0 Å². The molecule has 0 N–H and O–H groups in total. The maximum Gasteiger partial charge on any atom is 0.415 e. The molecule has 0 aromatic heterocycles. The number of piperidine rings is 1. The Kier molecular flexibility index (Phi) is 3.81. The van der Waals surface area contributed by atoms with Gasteiger partial charge < -0.3 is 0 Å². The molecule has 0 amide bonds. The first-order valence-electron chi connectivity index (χ1n) is 5.38. The highest BCUT2D eigenvalue weighted by Gasteiger charge is 2.97. The van der Waals surface area contributed by atoms with Gasteiger partial charge in [0.05, 0.1) is 0 Å². The van der Waals surface area contributed by atoms with Gasteiger partial charge in [0.2, 0.25) is 11.1 Å². The molecular weight excluding hydrogens is 369 g/mol. The third-order valence-electron chi connectivity index (χ3n) is 3.90. The van der Waals surface area contributed by atoms with Crippen LogP contribution in [0.15, 0.2) is 0 Å². The highest BCUT2D eigenvalue weighted by atomic mass is 19.4. The molecule has 1 aliphatic heterocycles. The van der Waals surface area contributed by atoms with E-state index in [2.05, 4.69) is 0 Å². The zero-order valence-electron chi connectivity index (χ0n) is 10.9. The number of rotatable bonds is 0. The van der Waals surface area contributed by atoms with Crippen molar-refractivity contribution in [3.8, 4) is 0 Å². The van der Waals surface area contributed by atoms with Gasteiger partial charge in [-0.1, -0.05) is 0 Å². The van der Waals surface area contributed by atoms with E-state index in [1.54, 1.807) is 0 Å². The van der Waals surface area contributed by atoms with Gasteiger partial charge in [-0.25, -0.2) is 0 Å². The lowest BCUT2D eigenvalue weighted by atomic mass is 9.71. The van der Waals surface area contributed by atoms with Crippen molar-refractivity contribution < 1.29 is 57.2 Å². The molecule has 0 aliphatic carbocycles. The number of halogens is 13. The molecule has 1 heterocycles. The highest BCUT2D eigenvalue weighted by Crippen LogP contribution is 2.68. The second-order valence-electron chi connectivity index (χ2n) is 5.14. The van der Waals surface area contributed by atoms with Crippen LogP contribution in [0, 0.1) is 0 Å². The first-order valence-corrected chi connectivity index (χ1v) is 5.38. The Bertz CT molecular complexity index is 449. The van der Waals surface area contributed by atoms with E-state index in [-0.39, 0.29) is 0 Å². The van der Waals surface area contributed by atoms with Crippen LogP contribution < -0.4 is 0 Å². The lowest BCUT2D eigenvalue weighted by Crippen LogP contribution is -2.88. The molecular formula is C9H6F13N. The molecule has 138 valence electrons. The summed E-state index contributed by atoms with van der Waals surface area (Å²) in [6.45, 7) is -2.11. The Morgan fingerprint density at radius 1 is 0.565 bits per heavy atom. The molecule has 0 saturated carbocycles. The van der Waals surface area contributed by atoms with Gasteiger partial charge in [0.1, 0.15) is 0 Å². The van der Waals surface area contributed by atoms with Crippen molar-refractivity contribution in [3.63, 3.8) is 0 Å². The van der Waals surface area contributed by atoms with Gasteiger partial charge in [-0.3, -0.25) is 0 Å². The van der Waals surface area contributed by atoms with Crippen LogP contribution >= 0.6 is 0 Å². The van der Waals surface area contributed by atoms with Crippen LogP contribution in [0.3, 0.4) is 0 Å². The highest BCUT2D eigenvalue weighted by molar-refractivity contribution is 5.26. The second-order valence-corrected chi connectivity index (χ2v) is 5.14. The summed E-state index contributed by atoms with van der Waals surface area (Å²) in [5.41, 5.74) is -11.7. The Morgan fingerprint density at radius 3 is 0.957 bits per heavy atom. The second kappa shape index (κ2) is 4.36. The van der Waals surface area contributed by atoms with E-state index in [9.17, 15) is 57.2 Å². The first-order chi connectivity index (χ1) is 9.65. The number of alkyl halides is 12. The monoisotopic (exact) mass is 375 g/mol. The maximum atomic E-state index is 13.7. The average Bonchev–Trinajstić information content (AvgIpc) is 2.30.